The van der Waals surface area contributed by atoms with Crippen LogP contribution in [0.25, 0.3) is 6.08 Å². The number of ether oxygens (including phenoxy) is 2. The monoisotopic (exact) mass is 370 g/mol. The van der Waals surface area contributed by atoms with E-state index in [4.69, 9.17) is 9.47 Å². The molecule has 1 atom stereocenters. The lowest BCUT2D eigenvalue weighted by molar-refractivity contribution is -0.126. The minimum atomic E-state index is 0.0760. The fraction of sp³-hybridized carbons (Fsp3) is 0.350. The molecule has 6 heteroatoms. The highest BCUT2D eigenvalue weighted by Crippen LogP contribution is 2.33. The molecule has 2 aliphatic rings. The maximum absolute atomic E-state index is 12.5. The second-order valence-electron chi connectivity index (χ2n) is 6.47. The number of likely N-dealkylation sites (tertiary alicyclic amines) is 1. The Bertz CT molecular complexity index is 788. The molecular weight excluding hydrogens is 348 g/mol. The molecule has 0 bridgehead atoms. The summed E-state index contributed by atoms with van der Waals surface area (Å²) >= 11 is 1.63. The Labute approximate surface area is 157 Å². The topological polar surface area (TPSA) is 50.8 Å². The van der Waals surface area contributed by atoms with Crippen molar-refractivity contribution in [2.24, 2.45) is 0 Å². The molecule has 5 nitrogen and oxygen atoms in total. The zero-order chi connectivity index (χ0) is 17.8. The first-order chi connectivity index (χ1) is 12.8. The smallest absolute Gasteiger partial charge is 0.246 e. The van der Waals surface area contributed by atoms with Crippen molar-refractivity contribution in [2.75, 3.05) is 31.6 Å². The van der Waals surface area contributed by atoms with Crippen LogP contribution in [0.5, 0.6) is 11.5 Å². The number of nitrogens with zero attached hydrogens (tertiary/aromatic N) is 1. The number of piperidine rings is 1. The van der Waals surface area contributed by atoms with Gasteiger partial charge in [-0.2, -0.15) is 0 Å². The Morgan fingerprint density at radius 3 is 2.96 bits per heavy atom. The Morgan fingerprint density at radius 1 is 1.23 bits per heavy atom. The molecule has 0 saturated carbocycles. The van der Waals surface area contributed by atoms with E-state index >= 15 is 0 Å². The summed E-state index contributed by atoms with van der Waals surface area (Å²) in [6.45, 7) is 2.70. The Hall–Kier alpha value is -2.47. The van der Waals surface area contributed by atoms with Gasteiger partial charge in [-0.1, -0.05) is 6.07 Å². The number of anilines is 1. The van der Waals surface area contributed by atoms with Gasteiger partial charge in [-0.3, -0.25) is 4.79 Å². The summed E-state index contributed by atoms with van der Waals surface area (Å²) in [5.41, 5.74) is 1.00. The first-order valence-electron chi connectivity index (χ1n) is 8.94. The predicted octanol–water partition coefficient (Wildman–Crippen LogP) is 3.64. The van der Waals surface area contributed by atoms with Crippen molar-refractivity contribution < 1.29 is 14.3 Å². The van der Waals surface area contributed by atoms with Crippen molar-refractivity contribution >= 4 is 29.0 Å². The van der Waals surface area contributed by atoms with Gasteiger partial charge in [0.2, 0.25) is 5.91 Å². The molecule has 1 aromatic carbocycles. The van der Waals surface area contributed by atoms with E-state index in [9.17, 15) is 4.79 Å². The maximum atomic E-state index is 12.5. The molecule has 1 amide bonds. The molecule has 1 saturated heterocycles. The minimum absolute atomic E-state index is 0.0760. The Morgan fingerprint density at radius 2 is 2.12 bits per heavy atom. The van der Waals surface area contributed by atoms with Gasteiger partial charge in [-0.05, 0) is 42.5 Å². The van der Waals surface area contributed by atoms with Crippen molar-refractivity contribution in [1.82, 2.24) is 4.90 Å². The third kappa shape index (κ3) is 4.02. The highest BCUT2D eigenvalue weighted by Gasteiger charge is 2.23. The van der Waals surface area contributed by atoms with Gasteiger partial charge in [-0.15, -0.1) is 11.3 Å². The lowest BCUT2D eigenvalue weighted by Crippen LogP contribution is -2.44. The number of fused-ring (bicyclic) bond motifs is 1. The van der Waals surface area contributed by atoms with E-state index in [1.807, 2.05) is 46.7 Å². The number of benzene rings is 1. The number of nitrogens with one attached hydrogen (secondary N) is 1. The van der Waals surface area contributed by atoms with E-state index in [1.54, 1.807) is 17.4 Å². The molecule has 2 aliphatic heterocycles. The quantitative estimate of drug-likeness (QED) is 0.835. The summed E-state index contributed by atoms with van der Waals surface area (Å²) in [5.74, 6) is 1.65. The van der Waals surface area contributed by atoms with Gasteiger partial charge in [0, 0.05) is 41.8 Å². The van der Waals surface area contributed by atoms with E-state index in [0.29, 0.717) is 19.8 Å². The van der Waals surface area contributed by atoms with Crippen LogP contribution in [-0.4, -0.2) is 43.2 Å². The molecule has 0 radical (unpaired) electrons. The lowest BCUT2D eigenvalue weighted by atomic mass is 10.0. The summed E-state index contributed by atoms with van der Waals surface area (Å²) in [6, 6.07) is 10.2. The highest BCUT2D eigenvalue weighted by atomic mass is 32.1. The SMILES string of the molecule is O=C(C=Cc1cccs1)N1CCCC(Nc2ccc3c(c2)OCCO3)C1. The lowest BCUT2D eigenvalue weighted by Gasteiger charge is -2.33. The van der Waals surface area contributed by atoms with E-state index in [2.05, 4.69) is 5.32 Å². The van der Waals surface area contributed by atoms with Crippen LogP contribution in [0.4, 0.5) is 5.69 Å². The van der Waals surface area contributed by atoms with Crippen LogP contribution < -0.4 is 14.8 Å². The average Bonchev–Trinajstić information content (AvgIpc) is 3.20. The Kier molecular flexibility index (Phi) is 5.11. The number of amides is 1. The van der Waals surface area contributed by atoms with Crippen LogP contribution >= 0.6 is 11.3 Å². The van der Waals surface area contributed by atoms with Gasteiger partial charge in [0.15, 0.2) is 11.5 Å². The molecule has 0 aliphatic carbocycles. The molecule has 2 aromatic rings. The fourth-order valence-electron chi connectivity index (χ4n) is 3.31. The number of carbonyl (C=O) groups excluding carboxylic acids is 1. The van der Waals surface area contributed by atoms with Crippen molar-refractivity contribution in [2.45, 2.75) is 18.9 Å². The molecule has 136 valence electrons. The number of carbonyl (C=O) groups is 1. The third-order valence-electron chi connectivity index (χ3n) is 4.58. The fourth-order valence-corrected chi connectivity index (χ4v) is 3.93. The summed E-state index contributed by atoms with van der Waals surface area (Å²) < 4.78 is 11.2. The second-order valence-corrected chi connectivity index (χ2v) is 7.45. The number of hydrogen-bond donors (Lipinski definition) is 1. The second kappa shape index (κ2) is 7.83. The molecule has 26 heavy (non-hydrogen) atoms. The zero-order valence-corrected chi connectivity index (χ0v) is 15.3. The third-order valence-corrected chi connectivity index (χ3v) is 5.42. The van der Waals surface area contributed by atoms with E-state index < -0.39 is 0 Å². The van der Waals surface area contributed by atoms with Crippen LogP contribution in [-0.2, 0) is 4.79 Å². The van der Waals surface area contributed by atoms with E-state index in [1.165, 1.54) is 0 Å². The summed E-state index contributed by atoms with van der Waals surface area (Å²) in [5, 5.41) is 5.55. The molecule has 3 heterocycles. The van der Waals surface area contributed by atoms with Crippen LogP contribution in [0.3, 0.4) is 0 Å². The highest BCUT2D eigenvalue weighted by molar-refractivity contribution is 7.10. The number of rotatable bonds is 4. The molecule has 1 fully saturated rings. The van der Waals surface area contributed by atoms with Crippen LogP contribution in [0.1, 0.15) is 17.7 Å². The van der Waals surface area contributed by atoms with Crippen LogP contribution in [0, 0.1) is 0 Å². The number of thiophene rings is 1. The molecule has 1 aromatic heterocycles. The zero-order valence-electron chi connectivity index (χ0n) is 14.5. The molecule has 1 N–H and O–H groups in total. The molecule has 4 rings (SSSR count). The Balaban J connectivity index is 1.37. The van der Waals surface area contributed by atoms with Gasteiger partial charge < -0.3 is 19.7 Å². The van der Waals surface area contributed by atoms with Gasteiger partial charge in [0.1, 0.15) is 13.2 Å². The molecule has 0 spiro atoms. The van der Waals surface area contributed by atoms with Crippen molar-refractivity contribution in [3.8, 4) is 11.5 Å². The minimum Gasteiger partial charge on any atom is -0.486 e. The summed E-state index contributed by atoms with van der Waals surface area (Å²) in [6.07, 6.45) is 5.62. The first-order valence-corrected chi connectivity index (χ1v) is 9.82. The van der Waals surface area contributed by atoms with E-state index in [0.717, 1.165) is 41.4 Å². The van der Waals surface area contributed by atoms with Crippen molar-refractivity contribution in [3.05, 3.63) is 46.7 Å². The predicted molar refractivity (Wildman–Crippen MR) is 104 cm³/mol. The standard InChI is InChI=1S/C20H22N2O3S/c23-20(8-6-17-4-2-12-26-17)22-9-1-3-16(14-22)21-15-5-7-18-19(13-15)25-11-10-24-18/h2,4-8,12-13,16,21H,1,3,9-11,14H2. The summed E-state index contributed by atoms with van der Waals surface area (Å²) in [4.78, 5) is 15.5. The molecule has 1 unspecified atom stereocenters. The van der Waals surface area contributed by atoms with Crippen molar-refractivity contribution in [1.29, 1.82) is 0 Å². The average molecular weight is 370 g/mol. The van der Waals surface area contributed by atoms with Gasteiger partial charge in [-0.25, -0.2) is 0 Å². The summed E-state index contributed by atoms with van der Waals surface area (Å²) in [7, 11) is 0. The maximum Gasteiger partial charge on any atom is 0.246 e. The van der Waals surface area contributed by atoms with Crippen LogP contribution in [0.2, 0.25) is 0 Å². The first kappa shape index (κ1) is 17.0. The number of hydrogen-bond acceptors (Lipinski definition) is 5. The largest absolute Gasteiger partial charge is 0.486 e. The van der Waals surface area contributed by atoms with E-state index in [-0.39, 0.29) is 11.9 Å². The molecular formula is C20H22N2O3S. The van der Waals surface area contributed by atoms with Gasteiger partial charge in [0.25, 0.3) is 0 Å². The van der Waals surface area contributed by atoms with Gasteiger partial charge >= 0.3 is 0 Å². The normalized spacial score (nSPS) is 19.5. The van der Waals surface area contributed by atoms with Gasteiger partial charge in [0.05, 0.1) is 0 Å². The van der Waals surface area contributed by atoms with Crippen molar-refractivity contribution in [3.63, 3.8) is 0 Å². The van der Waals surface area contributed by atoms with Crippen LogP contribution in [0.15, 0.2) is 41.8 Å².